The molecule has 0 bridgehead atoms. The highest BCUT2D eigenvalue weighted by atomic mass is 19.1. The van der Waals surface area contributed by atoms with Crippen LogP contribution in [0.1, 0.15) is 5.56 Å². The Morgan fingerprint density at radius 2 is 1.50 bits per heavy atom. The van der Waals surface area contributed by atoms with Crippen molar-refractivity contribution in [3.05, 3.63) is 84.2 Å². The van der Waals surface area contributed by atoms with Crippen molar-refractivity contribution in [3.8, 4) is 34.4 Å². The lowest BCUT2D eigenvalue weighted by Gasteiger charge is -2.11. The summed E-state index contributed by atoms with van der Waals surface area (Å²) in [5.74, 6) is 1.52. The smallest absolute Gasteiger partial charge is 0.248 e. The van der Waals surface area contributed by atoms with E-state index >= 15 is 0 Å². The minimum Gasteiger partial charge on any atom is -0.493 e. The molecule has 0 unspecified atom stereocenters. The van der Waals surface area contributed by atoms with Gasteiger partial charge in [0.25, 0.3) is 0 Å². The number of aromatic nitrogens is 2. The monoisotopic (exact) mass is 376 g/mol. The van der Waals surface area contributed by atoms with Crippen LogP contribution in [0.2, 0.25) is 0 Å². The molecule has 0 fully saturated rings. The lowest BCUT2D eigenvalue weighted by molar-refractivity contribution is 0.284. The van der Waals surface area contributed by atoms with Crippen molar-refractivity contribution >= 4 is 0 Å². The van der Waals surface area contributed by atoms with E-state index in [2.05, 4.69) is 10.2 Å². The van der Waals surface area contributed by atoms with Gasteiger partial charge in [0.2, 0.25) is 11.8 Å². The van der Waals surface area contributed by atoms with Gasteiger partial charge >= 0.3 is 0 Å². The van der Waals surface area contributed by atoms with Crippen molar-refractivity contribution in [1.82, 2.24) is 10.2 Å². The molecular weight excluding hydrogens is 359 g/mol. The van der Waals surface area contributed by atoms with Gasteiger partial charge in [0.1, 0.15) is 12.4 Å². The Morgan fingerprint density at radius 3 is 2.21 bits per heavy atom. The number of hydrogen-bond acceptors (Lipinski definition) is 5. The summed E-state index contributed by atoms with van der Waals surface area (Å²) in [6, 6.07) is 21.2. The molecule has 0 spiro atoms. The summed E-state index contributed by atoms with van der Waals surface area (Å²) >= 11 is 0. The maximum Gasteiger partial charge on any atom is 0.248 e. The summed E-state index contributed by atoms with van der Waals surface area (Å²) < 4.78 is 30.1. The topological polar surface area (TPSA) is 57.4 Å². The van der Waals surface area contributed by atoms with Crippen molar-refractivity contribution in [2.75, 3.05) is 7.11 Å². The summed E-state index contributed by atoms with van der Waals surface area (Å²) in [6.07, 6.45) is 0. The fourth-order valence-electron chi connectivity index (χ4n) is 2.70. The molecule has 1 heterocycles. The van der Waals surface area contributed by atoms with Crippen LogP contribution >= 0.6 is 0 Å². The van der Waals surface area contributed by atoms with Crippen molar-refractivity contribution < 1.29 is 18.3 Å². The third kappa shape index (κ3) is 3.86. The van der Waals surface area contributed by atoms with Crippen LogP contribution in [0.25, 0.3) is 22.9 Å². The van der Waals surface area contributed by atoms with E-state index in [0.29, 0.717) is 41.0 Å². The maximum atomic E-state index is 13.1. The molecule has 4 aromatic rings. The largest absolute Gasteiger partial charge is 0.493 e. The quantitative estimate of drug-likeness (QED) is 0.467. The second kappa shape index (κ2) is 7.92. The molecule has 0 saturated carbocycles. The number of rotatable bonds is 6. The van der Waals surface area contributed by atoms with E-state index in [0.717, 1.165) is 5.56 Å². The maximum absolute atomic E-state index is 13.1. The molecule has 0 amide bonds. The lowest BCUT2D eigenvalue weighted by Crippen LogP contribution is -1.97. The molecule has 5 nitrogen and oxygen atoms in total. The zero-order valence-electron chi connectivity index (χ0n) is 15.1. The Morgan fingerprint density at radius 1 is 0.821 bits per heavy atom. The van der Waals surface area contributed by atoms with Gasteiger partial charge in [-0.25, -0.2) is 4.39 Å². The highest BCUT2D eigenvalue weighted by Crippen LogP contribution is 2.33. The fourth-order valence-corrected chi connectivity index (χ4v) is 2.70. The van der Waals surface area contributed by atoms with E-state index in [9.17, 15) is 4.39 Å². The number of ether oxygens (including phenoxy) is 2. The van der Waals surface area contributed by atoms with E-state index < -0.39 is 0 Å². The first kappa shape index (κ1) is 17.7. The summed E-state index contributed by atoms with van der Waals surface area (Å²) in [7, 11) is 1.58. The molecule has 0 aliphatic rings. The Bertz CT molecular complexity index is 1060. The third-order valence-electron chi connectivity index (χ3n) is 4.16. The van der Waals surface area contributed by atoms with Gasteiger partial charge in [-0.2, -0.15) is 0 Å². The summed E-state index contributed by atoms with van der Waals surface area (Å²) in [5.41, 5.74) is 2.41. The number of benzene rings is 3. The first-order valence-corrected chi connectivity index (χ1v) is 8.67. The van der Waals surface area contributed by atoms with E-state index in [-0.39, 0.29) is 5.82 Å². The molecular formula is C22H17FN2O3. The van der Waals surface area contributed by atoms with Crippen LogP contribution < -0.4 is 9.47 Å². The van der Waals surface area contributed by atoms with Gasteiger partial charge < -0.3 is 13.9 Å². The molecule has 0 aliphatic carbocycles. The van der Waals surface area contributed by atoms with Crippen molar-refractivity contribution in [3.63, 3.8) is 0 Å². The Hall–Kier alpha value is -3.67. The number of nitrogens with zero attached hydrogens (tertiary/aromatic N) is 2. The number of methoxy groups -OCH3 is 1. The summed E-state index contributed by atoms with van der Waals surface area (Å²) in [6.45, 7) is 0.436. The standard InChI is InChI=1S/C22H17FN2O3/c1-26-20-13-17(9-12-19(20)27-14-15-5-3-2-4-6-15)22-25-24-21(28-22)16-7-10-18(23)11-8-16/h2-13H,14H2,1H3. The van der Waals surface area contributed by atoms with Crippen molar-refractivity contribution in [2.45, 2.75) is 6.61 Å². The minimum absolute atomic E-state index is 0.318. The van der Waals surface area contributed by atoms with Gasteiger partial charge in [-0.3, -0.25) is 0 Å². The zero-order valence-corrected chi connectivity index (χ0v) is 15.1. The molecule has 4 rings (SSSR count). The zero-order chi connectivity index (χ0) is 19.3. The highest BCUT2D eigenvalue weighted by Gasteiger charge is 2.14. The van der Waals surface area contributed by atoms with Crippen LogP contribution in [-0.4, -0.2) is 17.3 Å². The van der Waals surface area contributed by atoms with Gasteiger partial charge in [-0.05, 0) is 48.0 Å². The molecule has 140 valence electrons. The van der Waals surface area contributed by atoms with Crippen LogP contribution in [0.15, 0.2) is 77.2 Å². The Labute approximate surface area is 161 Å². The normalized spacial score (nSPS) is 10.6. The molecule has 0 radical (unpaired) electrons. The fraction of sp³-hybridized carbons (Fsp3) is 0.0909. The first-order valence-electron chi connectivity index (χ1n) is 8.67. The predicted octanol–water partition coefficient (Wildman–Crippen LogP) is 5.13. The lowest BCUT2D eigenvalue weighted by atomic mass is 10.2. The number of hydrogen-bond donors (Lipinski definition) is 0. The molecule has 1 aromatic heterocycles. The average Bonchev–Trinajstić information content (AvgIpc) is 3.23. The van der Waals surface area contributed by atoms with E-state index in [1.165, 1.54) is 12.1 Å². The SMILES string of the molecule is COc1cc(-c2nnc(-c3ccc(F)cc3)o2)ccc1OCc1ccccc1. The molecule has 0 atom stereocenters. The van der Waals surface area contributed by atoms with Crippen molar-refractivity contribution in [1.29, 1.82) is 0 Å². The van der Waals surface area contributed by atoms with Gasteiger partial charge in [0.05, 0.1) is 7.11 Å². The molecule has 0 saturated heterocycles. The van der Waals surface area contributed by atoms with Crippen LogP contribution in [0.3, 0.4) is 0 Å². The van der Waals surface area contributed by atoms with Gasteiger partial charge in [0, 0.05) is 11.1 Å². The van der Waals surface area contributed by atoms with Crippen LogP contribution in [0.4, 0.5) is 4.39 Å². The summed E-state index contributed by atoms with van der Waals surface area (Å²) in [4.78, 5) is 0. The first-order chi connectivity index (χ1) is 13.7. The van der Waals surface area contributed by atoms with E-state index in [1.807, 2.05) is 36.4 Å². The number of halogens is 1. The van der Waals surface area contributed by atoms with Gasteiger partial charge in [-0.15, -0.1) is 10.2 Å². The molecule has 28 heavy (non-hydrogen) atoms. The predicted molar refractivity (Wildman–Crippen MR) is 102 cm³/mol. The average molecular weight is 376 g/mol. The summed E-state index contributed by atoms with van der Waals surface area (Å²) in [5, 5.41) is 8.11. The Balaban J connectivity index is 1.55. The second-order valence-corrected chi connectivity index (χ2v) is 6.06. The third-order valence-corrected chi connectivity index (χ3v) is 4.16. The molecule has 0 aliphatic heterocycles. The van der Waals surface area contributed by atoms with Crippen LogP contribution in [-0.2, 0) is 6.61 Å². The van der Waals surface area contributed by atoms with Gasteiger partial charge in [0.15, 0.2) is 11.5 Å². The Kier molecular flexibility index (Phi) is 5.01. The van der Waals surface area contributed by atoms with E-state index in [4.69, 9.17) is 13.9 Å². The molecule has 0 N–H and O–H groups in total. The van der Waals surface area contributed by atoms with Crippen molar-refractivity contribution in [2.24, 2.45) is 0 Å². The minimum atomic E-state index is -0.320. The van der Waals surface area contributed by atoms with E-state index in [1.54, 1.807) is 31.4 Å². The highest BCUT2D eigenvalue weighted by molar-refractivity contribution is 5.61. The van der Waals surface area contributed by atoms with Crippen LogP contribution in [0.5, 0.6) is 11.5 Å². The molecule has 3 aromatic carbocycles. The van der Waals surface area contributed by atoms with Gasteiger partial charge in [-0.1, -0.05) is 30.3 Å². The van der Waals surface area contributed by atoms with Crippen LogP contribution in [0, 0.1) is 5.82 Å². The second-order valence-electron chi connectivity index (χ2n) is 6.06. The molecule has 6 heteroatoms.